The second-order valence-electron chi connectivity index (χ2n) is 4.61. The van der Waals surface area contributed by atoms with Crippen molar-refractivity contribution in [2.75, 3.05) is 6.61 Å². The molecule has 2 N–H and O–H groups in total. The summed E-state index contributed by atoms with van der Waals surface area (Å²) in [5.41, 5.74) is -0.0314. The minimum atomic E-state index is -0.773. The first-order chi connectivity index (χ1) is 8.60. The van der Waals surface area contributed by atoms with Crippen molar-refractivity contribution in [3.05, 3.63) is 35.4 Å². The highest BCUT2D eigenvalue weighted by atomic mass is 19.1. The molecule has 0 radical (unpaired) electrons. The molecule has 18 heavy (non-hydrogen) atoms. The van der Waals surface area contributed by atoms with Gasteiger partial charge in [-0.25, -0.2) is 8.78 Å². The summed E-state index contributed by atoms with van der Waals surface area (Å²) in [7, 11) is 0. The largest absolute Gasteiger partial charge is 0.396 e. The van der Waals surface area contributed by atoms with Crippen LogP contribution in [-0.4, -0.2) is 23.7 Å². The van der Waals surface area contributed by atoms with E-state index >= 15 is 0 Å². The summed E-state index contributed by atoms with van der Waals surface area (Å²) < 4.78 is 26.0. The first-order valence-electron chi connectivity index (χ1n) is 5.98. The predicted octanol–water partition coefficient (Wildman–Crippen LogP) is 1.86. The number of carbonyl (C=O) groups excluding carboxylic acids is 1. The highest BCUT2D eigenvalue weighted by Gasteiger charge is 2.28. The quantitative estimate of drug-likeness (QED) is 0.866. The number of nitrogens with one attached hydrogen (secondary N) is 1. The minimum absolute atomic E-state index is 0.0163. The second-order valence-corrected chi connectivity index (χ2v) is 4.61. The van der Waals surface area contributed by atoms with Gasteiger partial charge in [-0.3, -0.25) is 4.79 Å². The number of halogens is 2. The fourth-order valence-electron chi connectivity index (χ4n) is 2.38. The van der Waals surface area contributed by atoms with E-state index in [0.717, 1.165) is 37.5 Å². The maximum atomic E-state index is 13.0. The lowest BCUT2D eigenvalue weighted by Gasteiger charge is -2.19. The SMILES string of the molecule is O=C(NC1CCCC1CO)c1cc(F)cc(F)c1. The fraction of sp³-hybridized carbons (Fsp3) is 0.462. The van der Waals surface area contributed by atoms with Gasteiger partial charge in [0.2, 0.25) is 0 Å². The van der Waals surface area contributed by atoms with E-state index in [-0.39, 0.29) is 24.1 Å². The molecule has 1 saturated carbocycles. The minimum Gasteiger partial charge on any atom is -0.396 e. The van der Waals surface area contributed by atoms with Gasteiger partial charge in [-0.1, -0.05) is 6.42 Å². The van der Waals surface area contributed by atoms with Crippen LogP contribution < -0.4 is 5.32 Å². The number of hydrogen-bond acceptors (Lipinski definition) is 2. The van der Waals surface area contributed by atoms with Crippen LogP contribution in [0.5, 0.6) is 0 Å². The molecule has 1 aromatic carbocycles. The Morgan fingerprint density at radius 1 is 1.28 bits per heavy atom. The molecule has 0 heterocycles. The lowest BCUT2D eigenvalue weighted by Crippen LogP contribution is -2.38. The zero-order valence-electron chi connectivity index (χ0n) is 9.83. The van der Waals surface area contributed by atoms with E-state index in [1.807, 2.05) is 0 Å². The Bertz CT molecular complexity index is 430. The Balaban J connectivity index is 2.07. The maximum absolute atomic E-state index is 13.0. The number of aliphatic hydroxyl groups is 1. The number of hydrogen-bond donors (Lipinski definition) is 2. The Morgan fingerprint density at radius 2 is 1.94 bits per heavy atom. The third kappa shape index (κ3) is 2.85. The van der Waals surface area contributed by atoms with Gasteiger partial charge in [0.15, 0.2) is 0 Å². The van der Waals surface area contributed by atoms with Crippen LogP contribution in [0.3, 0.4) is 0 Å². The molecule has 1 amide bonds. The Labute approximate surface area is 104 Å². The zero-order valence-corrected chi connectivity index (χ0v) is 9.83. The van der Waals surface area contributed by atoms with E-state index in [9.17, 15) is 13.6 Å². The van der Waals surface area contributed by atoms with Crippen LogP contribution in [-0.2, 0) is 0 Å². The van der Waals surface area contributed by atoms with E-state index in [1.54, 1.807) is 0 Å². The Morgan fingerprint density at radius 3 is 2.56 bits per heavy atom. The summed E-state index contributed by atoms with van der Waals surface area (Å²) in [5, 5.41) is 11.9. The van der Waals surface area contributed by atoms with Gasteiger partial charge >= 0.3 is 0 Å². The summed E-state index contributed by atoms with van der Waals surface area (Å²) in [6.45, 7) is 0.0163. The molecule has 98 valence electrons. The molecule has 3 nitrogen and oxygen atoms in total. The van der Waals surface area contributed by atoms with Crippen molar-refractivity contribution in [1.29, 1.82) is 0 Å². The third-order valence-corrected chi connectivity index (χ3v) is 3.33. The van der Waals surface area contributed by atoms with Crippen LogP contribution in [0.15, 0.2) is 18.2 Å². The lowest BCUT2D eigenvalue weighted by molar-refractivity contribution is 0.0915. The van der Waals surface area contributed by atoms with Crippen molar-refractivity contribution in [3.8, 4) is 0 Å². The average molecular weight is 255 g/mol. The van der Waals surface area contributed by atoms with Gasteiger partial charge in [0, 0.05) is 30.2 Å². The van der Waals surface area contributed by atoms with E-state index in [0.29, 0.717) is 0 Å². The average Bonchev–Trinajstić information content (AvgIpc) is 2.75. The number of amides is 1. The van der Waals surface area contributed by atoms with Crippen LogP contribution in [0.25, 0.3) is 0 Å². The molecule has 1 aliphatic rings. The lowest BCUT2D eigenvalue weighted by atomic mass is 10.0. The van der Waals surface area contributed by atoms with E-state index in [4.69, 9.17) is 5.11 Å². The molecule has 1 aromatic rings. The van der Waals surface area contributed by atoms with Crippen molar-refractivity contribution < 1.29 is 18.7 Å². The molecule has 5 heteroatoms. The monoisotopic (exact) mass is 255 g/mol. The second kappa shape index (κ2) is 5.44. The van der Waals surface area contributed by atoms with Gasteiger partial charge in [-0.2, -0.15) is 0 Å². The number of benzene rings is 1. The highest BCUT2D eigenvalue weighted by Crippen LogP contribution is 2.25. The van der Waals surface area contributed by atoms with Crippen molar-refractivity contribution in [1.82, 2.24) is 5.32 Å². The molecular weight excluding hydrogens is 240 g/mol. The first-order valence-corrected chi connectivity index (χ1v) is 5.98. The van der Waals surface area contributed by atoms with Gasteiger partial charge in [0.25, 0.3) is 5.91 Å². The first kappa shape index (κ1) is 13.0. The van der Waals surface area contributed by atoms with Crippen molar-refractivity contribution >= 4 is 5.91 Å². The van der Waals surface area contributed by atoms with Gasteiger partial charge in [-0.05, 0) is 25.0 Å². The smallest absolute Gasteiger partial charge is 0.251 e. The maximum Gasteiger partial charge on any atom is 0.251 e. The van der Waals surface area contributed by atoms with Crippen LogP contribution in [0.4, 0.5) is 8.78 Å². The van der Waals surface area contributed by atoms with E-state index < -0.39 is 17.5 Å². The molecule has 1 fully saturated rings. The predicted molar refractivity (Wildman–Crippen MR) is 62.0 cm³/mol. The van der Waals surface area contributed by atoms with E-state index in [1.165, 1.54) is 0 Å². The molecule has 1 aliphatic carbocycles. The zero-order chi connectivity index (χ0) is 13.1. The molecule has 0 saturated heterocycles. The summed E-state index contributed by atoms with van der Waals surface area (Å²) in [6.07, 6.45) is 2.58. The molecule has 0 aromatic heterocycles. The molecular formula is C13H15F2NO2. The molecule has 2 rings (SSSR count). The molecule has 2 atom stereocenters. The number of carbonyl (C=O) groups is 1. The number of aliphatic hydroxyl groups excluding tert-OH is 1. The molecule has 0 aliphatic heterocycles. The van der Waals surface area contributed by atoms with Crippen molar-refractivity contribution in [2.24, 2.45) is 5.92 Å². The third-order valence-electron chi connectivity index (χ3n) is 3.33. The van der Waals surface area contributed by atoms with Gasteiger partial charge < -0.3 is 10.4 Å². The number of rotatable bonds is 3. The van der Waals surface area contributed by atoms with Crippen LogP contribution in [0.2, 0.25) is 0 Å². The van der Waals surface area contributed by atoms with Gasteiger partial charge in [0.05, 0.1) is 0 Å². The van der Waals surface area contributed by atoms with Crippen LogP contribution in [0.1, 0.15) is 29.6 Å². The van der Waals surface area contributed by atoms with Crippen LogP contribution >= 0.6 is 0 Å². The van der Waals surface area contributed by atoms with Gasteiger partial charge in [0.1, 0.15) is 11.6 Å². The van der Waals surface area contributed by atoms with Crippen LogP contribution in [0, 0.1) is 17.6 Å². The standard InChI is InChI=1S/C13H15F2NO2/c14-10-4-9(5-11(15)6-10)13(18)16-12-3-1-2-8(12)7-17/h4-6,8,12,17H,1-3,7H2,(H,16,18). The normalized spacial score (nSPS) is 23.1. The van der Waals surface area contributed by atoms with Crippen molar-refractivity contribution in [2.45, 2.75) is 25.3 Å². The molecule has 2 unspecified atom stereocenters. The van der Waals surface area contributed by atoms with Gasteiger partial charge in [-0.15, -0.1) is 0 Å². The van der Waals surface area contributed by atoms with Crippen molar-refractivity contribution in [3.63, 3.8) is 0 Å². The van der Waals surface area contributed by atoms with E-state index in [2.05, 4.69) is 5.32 Å². The Hall–Kier alpha value is -1.49. The fourth-order valence-corrected chi connectivity index (χ4v) is 2.38. The summed E-state index contributed by atoms with van der Waals surface area (Å²) in [4.78, 5) is 11.8. The summed E-state index contributed by atoms with van der Waals surface area (Å²) >= 11 is 0. The highest BCUT2D eigenvalue weighted by molar-refractivity contribution is 5.94. The molecule has 0 spiro atoms. The molecule has 0 bridgehead atoms. The summed E-state index contributed by atoms with van der Waals surface area (Å²) in [6, 6.07) is 2.61. The Kier molecular flexibility index (Phi) is 3.91. The topological polar surface area (TPSA) is 49.3 Å². The summed E-state index contributed by atoms with van der Waals surface area (Å²) in [5.74, 6) is -2.01.